The molecule has 3 rings (SSSR count). The molecular weight excluding hydrogens is 396 g/mol. The highest BCUT2D eigenvalue weighted by molar-refractivity contribution is 6.32. The van der Waals surface area contributed by atoms with Gasteiger partial charge < -0.3 is 10.6 Å². The molecule has 6 nitrogen and oxygen atoms in total. The molecule has 0 unspecified atom stereocenters. The van der Waals surface area contributed by atoms with Crippen LogP contribution in [0.4, 0.5) is 14.9 Å². The molecule has 1 saturated heterocycles. The molecule has 0 aromatic heterocycles. The van der Waals surface area contributed by atoms with E-state index in [1.54, 1.807) is 24.3 Å². The fourth-order valence-electron chi connectivity index (χ4n) is 2.81. The monoisotopic (exact) mass is 409 g/mol. The number of carbonyl (C=O) groups is 3. The molecule has 1 heterocycles. The molecule has 1 aliphatic rings. The fraction of sp³-hybridized carbons (Fsp3) is 0.167. The van der Waals surface area contributed by atoms with Gasteiger partial charge in [0.25, 0.3) is 5.91 Å². The summed E-state index contributed by atoms with van der Waals surface area (Å²) in [5.41, 5.74) is -0.708. The molecule has 9 heteroatoms. The van der Waals surface area contributed by atoms with Crippen molar-refractivity contribution in [1.82, 2.24) is 10.2 Å². The van der Waals surface area contributed by atoms with Crippen LogP contribution in [0.3, 0.4) is 0 Å². The number of halogens is 3. The van der Waals surface area contributed by atoms with Crippen molar-refractivity contribution < 1.29 is 18.8 Å². The van der Waals surface area contributed by atoms with Crippen LogP contribution in [0.15, 0.2) is 42.5 Å². The Morgan fingerprint density at radius 2 is 1.89 bits per heavy atom. The summed E-state index contributed by atoms with van der Waals surface area (Å²) in [5.74, 6) is -1.86. The highest BCUT2D eigenvalue weighted by atomic mass is 35.5. The van der Waals surface area contributed by atoms with Gasteiger partial charge in [0, 0.05) is 16.3 Å². The van der Waals surface area contributed by atoms with Gasteiger partial charge in [-0.2, -0.15) is 0 Å². The van der Waals surface area contributed by atoms with Crippen molar-refractivity contribution in [1.29, 1.82) is 0 Å². The van der Waals surface area contributed by atoms with Gasteiger partial charge in [0.2, 0.25) is 5.91 Å². The van der Waals surface area contributed by atoms with E-state index < -0.39 is 35.7 Å². The number of hydrogen-bond donors (Lipinski definition) is 2. The third-order valence-electron chi connectivity index (χ3n) is 4.19. The molecule has 2 aromatic rings. The van der Waals surface area contributed by atoms with E-state index in [0.717, 1.165) is 11.0 Å². The molecule has 2 N–H and O–H groups in total. The third kappa shape index (κ3) is 3.61. The maximum absolute atomic E-state index is 13.2. The zero-order chi connectivity index (χ0) is 19.8. The second kappa shape index (κ2) is 7.17. The number of amides is 4. The molecular formula is C18H14Cl2FN3O3. The number of rotatable bonds is 4. The van der Waals surface area contributed by atoms with Crippen LogP contribution in [0.2, 0.25) is 10.0 Å². The quantitative estimate of drug-likeness (QED) is 0.757. The first-order chi connectivity index (χ1) is 12.7. The van der Waals surface area contributed by atoms with Gasteiger partial charge in [0.05, 0.1) is 5.02 Å². The summed E-state index contributed by atoms with van der Waals surface area (Å²) in [7, 11) is 0. The molecule has 1 atom stereocenters. The number of imide groups is 1. The normalized spacial score (nSPS) is 19.2. The Labute approximate surface area is 164 Å². The van der Waals surface area contributed by atoms with Gasteiger partial charge in [-0.3, -0.25) is 14.5 Å². The van der Waals surface area contributed by atoms with E-state index in [0.29, 0.717) is 10.6 Å². The van der Waals surface area contributed by atoms with E-state index in [-0.39, 0.29) is 10.7 Å². The van der Waals surface area contributed by atoms with Crippen LogP contribution in [0, 0.1) is 5.82 Å². The van der Waals surface area contributed by atoms with Crippen molar-refractivity contribution in [2.75, 3.05) is 11.9 Å². The minimum Gasteiger partial charge on any atom is -0.324 e. The predicted molar refractivity (Wildman–Crippen MR) is 99.1 cm³/mol. The lowest BCUT2D eigenvalue weighted by Crippen LogP contribution is -2.42. The minimum absolute atomic E-state index is 0.158. The third-order valence-corrected chi connectivity index (χ3v) is 4.81. The Hall–Kier alpha value is -2.64. The fourth-order valence-corrected chi connectivity index (χ4v) is 3.31. The summed E-state index contributed by atoms with van der Waals surface area (Å²) in [6, 6.07) is 9.57. The van der Waals surface area contributed by atoms with Crippen LogP contribution in [0.1, 0.15) is 12.5 Å². The highest BCUT2D eigenvalue weighted by Crippen LogP contribution is 2.33. The maximum Gasteiger partial charge on any atom is 0.325 e. The zero-order valence-electron chi connectivity index (χ0n) is 14.1. The second-order valence-corrected chi connectivity index (χ2v) is 6.92. The molecule has 27 heavy (non-hydrogen) atoms. The van der Waals surface area contributed by atoms with Crippen LogP contribution in [-0.2, 0) is 15.1 Å². The van der Waals surface area contributed by atoms with E-state index in [1.165, 1.54) is 19.1 Å². The van der Waals surface area contributed by atoms with Crippen molar-refractivity contribution in [3.05, 3.63) is 63.9 Å². The van der Waals surface area contributed by atoms with E-state index in [1.807, 2.05) is 0 Å². The number of anilines is 1. The summed E-state index contributed by atoms with van der Waals surface area (Å²) in [5, 5.41) is 5.20. The van der Waals surface area contributed by atoms with Gasteiger partial charge in [0.15, 0.2) is 0 Å². The number of nitrogens with zero attached hydrogens (tertiary/aromatic N) is 1. The minimum atomic E-state index is -1.38. The molecule has 140 valence electrons. The summed E-state index contributed by atoms with van der Waals surface area (Å²) in [6.07, 6.45) is 0. The molecule has 1 fully saturated rings. The lowest BCUT2D eigenvalue weighted by atomic mass is 9.92. The summed E-state index contributed by atoms with van der Waals surface area (Å²) in [6.45, 7) is 1.01. The van der Waals surface area contributed by atoms with Crippen LogP contribution >= 0.6 is 23.2 Å². The van der Waals surface area contributed by atoms with Gasteiger partial charge >= 0.3 is 6.03 Å². The molecule has 0 spiro atoms. The molecule has 4 amide bonds. The first kappa shape index (κ1) is 19.1. The number of carbonyl (C=O) groups excluding carboxylic acids is 3. The van der Waals surface area contributed by atoms with Crippen molar-refractivity contribution in [3.63, 3.8) is 0 Å². The molecule has 1 aliphatic heterocycles. The van der Waals surface area contributed by atoms with Crippen LogP contribution in [-0.4, -0.2) is 29.3 Å². The second-order valence-electron chi connectivity index (χ2n) is 6.10. The van der Waals surface area contributed by atoms with E-state index in [4.69, 9.17) is 23.2 Å². The zero-order valence-corrected chi connectivity index (χ0v) is 15.6. The molecule has 2 aromatic carbocycles. The van der Waals surface area contributed by atoms with Gasteiger partial charge in [-0.25, -0.2) is 9.18 Å². The Kier molecular flexibility index (Phi) is 5.08. The summed E-state index contributed by atoms with van der Waals surface area (Å²) in [4.78, 5) is 38.1. The smallest absolute Gasteiger partial charge is 0.324 e. The summed E-state index contributed by atoms with van der Waals surface area (Å²) < 4.78 is 13.2. The molecule has 0 radical (unpaired) electrons. The SMILES string of the molecule is C[C@@]1(c2ccccc2Cl)NC(=O)N(CC(=O)Nc2ccc(F)c(Cl)c2)C1=O. The average Bonchev–Trinajstić information content (AvgIpc) is 2.82. The number of nitrogens with one attached hydrogen (secondary N) is 2. The van der Waals surface area contributed by atoms with E-state index >= 15 is 0 Å². The van der Waals surface area contributed by atoms with Gasteiger partial charge in [-0.05, 0) is 31.2 Å². The number of hydrogen-bond acceptors (Lipinski definition) is 3. The van der Waals surface area contributed by atoms with Crippen LogP contribution in [0.5, 0.6) is 0 Å². The Balaban J connectivity index is 1.76. The first-order valence-corrected chi connectivity index (χ1v) is 8.62. The highest BCUT2D eigenvalue weighted by Gasteiger charge is 2.50. The predicted octanol–water partition coefficient (Wildman–Crippen LogP) is 3.54. The maximum atomic E-state index is 13.2. The van der Waals surface area contributed by atoms with Crippen molar-refractivity contribution >= 4 is 46.7 Å². The average molecular weight is 410 g/mol. The van der Waals surface area contributed by atoms with Gasteiger partial charge in [-0.1, -0.05) is 41.4 Å². The lowest BCUT2D eigenvalue weighted by molar-refractivity contribution is -0.133. The Morgan fingerprint density at radius 1 is 1.19 bits per heavy atom. The molecule has 0 aliphatic carbocycles. The lowest BCUT2D eigenvalue weighted by Gasteiger charge is -2.23. The first-order valence-electron chi connectivity index (χ1n) is 7.86. The Bertz CT molecular complexity index is 953. The van der Waals surface area contributed by atoms with E-state index in [9.17, 15) is 18.8 Å². The number of urea groups is 1. The topological polar surface area (TPSA) is 78.5 Å². The van der Waals surface area contributed by atoms with E-state index in [2.05, 4.69) is 10.6 Å². The number of benzene rings is 2. The summed E-state index contributed by atoms with van der Waals surface area (Å²) >= 11 is 11.8. The van der Waals surface area contributed by atoms with Crippen LogP contribution in [0.25, 0.3) is 0 Å². The molecule has 0 bridgehead atoms. The largest absolute Gasteiger partial charge is 0.325 e. The standard InChI is InChI=1S/C18H14Cl2FN3O3/c1-18(11-4-2-3-5-12(11)19)16(26)24(17(27)23-18)9-15(25)22-10-6-7-14(21)13(20)8-10/h2-8H,9H2,1H3,(H,22,25)(H,23,27)/t18-/m0/s1. The van der Waals surface area contributed by atoms with Gasteiger partial charge in [-0.15, -0.1) is 0 Å². The van der Waals surface area contributed by atoms with Crippen molar-refractivity contribution in [2.24, 2.45) is 0 Å². The Morgan fingerprint density at radius 3 is 2.56 bits per heavy atom. The van der Waals surface area contributed by atoms with Gasteiger partial charge in [0.1, 0.15) is 17.9 Å². The van der Waals surface area contributed by atoms with Crippen LogP contribution < -0.4 is 10.6 Å². The van der Waals surface area contributed by atoms with Crippen molar-refractivity contribution in [2.45, 2.75) is 12.5 Å². The molecule has 0 saturated carbocycles. The van der Waals surface area contributed by atoms with Crippen molar-refractivity contribution in [3.8, 4) is 0 Å².